The third kappa shape index (κ3) is 3.45. The fourth-order valence-corrected chi connectivity index (χ4v) is 2.41. The van der Waals surface area contributed by atoms with Crippen LogP contribution in [0, 0.1) is 13.8 Å². The first-order valence-corrected chi connectivity index (χ1v) is 7.45. The number of carbonyl (C=O) groups is 1. The maximum absolute atomic E-state index is 12.0. The van der Waals surface area contributed by atoms with Gasteiger partial charge in [-0.15, -0.1) is 10.2 Å². The number of nitrogens with one attached hydrogen (secondary N) is 1. The molecule has 5 nitrogen and oxygen atoms in total. The molecule has 2 heterocycles. The molecule has 0 radical (unpaired) electrons. The molecule has 0 fully saturated rings. The zero-order chi connectivity index (χ0) is 16.2. The number of fused-ring (bicyclic) bond motifs is 1. The van der Waals surface area contributed by atoms with Crippen LogP contribution in [-0.4, -0.2) is 20.5 Å². The third-order valence-corrected chi connectivity index (χ3v) is 3.64. The fourth-order valence-electron chi connectivity index (χ4n) is 2.41. The monoisotopic (exact) mass is 306 g/mol. The lowest BCUT2D eigenvalue weighted by Gasteiger charge is -2.03. The van der Waals surface area contributed by atoms with Crippen LogP contribution < -0.4 is 5.32 Å². The molecule has 5 heteroatoms. The molecule has 23 heavy (non-hydrogen) atoms. The Bertz CT molecular complexity index is 880. The van der Waals surface area contributed by atoms with Gasteiger partial charge in [-0.1, -0.05) is 29.8 Å². The second kappa shape index (κ2) is 6.44. The number of aryl methyl sites for hydroxylation is 2. The topological polar surface area (TPSA) is 59.3 Å². The van der Waals surface area contributed by atoms with Crippen molar-refractivity contribution in [1.29, 1.82) is 0 Å². The highest BCUT2D eigenvalue weighted by Gasteiger charge is 2.05. The molecular weight excluding hydrogens is 288 g/mol. The van der Waals surface area contributed by atoms with Crippen molar-refractivity contribution in [3.63, 3.8) is 0 Å². The van der Waals surface area contributed by atoms with E-state index >= 15 is 0 Å². The highest BCUT2D eigenvalue weighted by molar-refractivity contribution is 5.91. The molecule has 2 aromatic heterocycles. The van der Waals surface area contributed by atoms with Gasteiger partial charge < -0.3 is 5.32 Å². The van der Waals surface area contributed by atoms with E-state index in [-0.39, 0.29) is 5.91 Å². The summed E-state index contributed by atoms with van der Waals surface area (Å²) in [7, 11) is 0. The highest BCUT2D eigenvalue weighted by Crippen LogP contribution is 2.12. The van der Waals surface area contributed by atoms with Crippen molar-refractivity contribution in [2.45, 2.75) is 20.4 Å². The zero-order valence-corrected chi connectivity index (χ0v) is 13.2. The summed E-state index contributed by atoms with van der Waals surface area (Å²) in [5.41, 5.74) is 4.17. The van der Waals surface area contributed by atoms with Gasteiger partial charge in [0, 0.05) is 12.3 Å². The van der Waals surface area contributed by atoms with E-state index in [1.165, 1.54) is 5.56 Å². The Morgan fingerprint density at radius 2 is 2.09 bits per heavy atom. The number of nitrogens with zero attached hydrogens (tertiary/aromatic N) is 3. The minimum Gasteiger partial charge on any atom is -0.345 e. The van der Waals surface area contributed by atoms with Crippen LogP contribution in [0.25, 0.3) is 11.7 Å². The first kappa shape index (κ1) is 15.0. The Balaban J connectivity index is 1.64. The molecule has 1 amide bonds. The summed E-state index contributed by atoms with van der Waals surface area (Å²) in [6, 6.07) is 11.8. The standard InChI is InChI=1S/C18H18N4O/c1-13-6-7-15(14(2)11-13)8-9-18(23)19-12-17-21-20-16-5-3-4-10-22(16)17/h3-11H,12H2,1-2H3,(H,19,23)/b9-8+. The van der Waals surface area contributed by atoms with Crippen LogP contribution in [0.3, 0.4) is 0 Å². The van der Waals surface area contributed by atoms with Crippen molar-refractivity contribution in [2.24, 2.45) is 0 Å². The van der Waals surface area contributed by atoms with E-state index in [4.69, 9.17) is 0 Å². The summed E-state index contributed by atoms with van der Waals surface area (Å²) in [4.78, 5) is 12.0. The van der Waals surface area contributed by atoms with E-state index < -0.39 is 0 Å². The normalized spacial score (nSPS) is 11.2. The van der Waals surface area contributed by atoms with Gasteiger partial charge in [-0.2, -0.15) is 0 Å². The van der Waals surface area contributed by atoms with E-state index in [1.54, 1.807) is 6.08 Å². The van der Waals surface area contributed by atoms with E-state index in [0.29, 0.717) is 12.4 Å². The van der Waals surface area contributed by atoms with Crippen LogP contribution in [0.4, 0.5) is 0 Å². The summed E-state index contributed by atoms with van der Waals surface area (Å²) in [5, 5.41) is 11.0. The van der Waals surface area contributed by atoms with Crippen molar-refractivity contribution >= 4 is 17.6 Å². The van der Waals surface area contributed by atoms with Crippen LogP contribution in [0.1, 0.15) is 22.5 Å². The number of aromatic nitrogens is 3. The number of amides is 1. The Labute approximate surface area is 134 Å². The maximum Gasteiger partial charge on any atom is 0.244 e. The summed E-state index contributed by atoms with van der Waals surface area (Å²) in [6.07, 6.45) is 5.25. The molecule has 0 aliphatic carbocycles. The predicted molar refractivity (Wildman–Crippen MR) is 89.8 cm³/mol. The maximum atomic E-state index is 12.0. The number of benzene rings is 1. The van der Waals surface area contributed by atoms with Gasteiger partial charge in [-0.3, -0.25) is 9.20 Å². The first-order valence-electron chi connectivity index (χ1n) is 7.45. The molecule has 1 N–H and O–H groups in total. The van der Waals surface area contributed by atoms with Crippen molar-refractivity contribution < 1.29 is 4.79 Å². The smallest absolute Gasteiger partial charge is 0.244 e. The average Bonchev–Trinajstić information content (AvgIpc) is 2.95. The Morgan fingerprint density at radius 3 is 2.91 bits per heavy atom. The molecule has 0 aliphatic rings. The lowest BCUT2D eigenvalue weighted by molar-refractivity contribution is -0.116. The number of rotatable bonds is 4. The van der Waals surface area contributed by atoms with Gasteiger partial charge in [-0.25, -0.2) is 0 Å². The minimum absolute atomic E-state index is 0.155. The average molecular weight is 306 g/mol. The van der Waals surface area contributed by atoms with Crippen LogP contribution in [0.15, 0.2) is 48.7 Å². The molecule has 1 aromatic carbocycles. The summed E-state index contributed by atoms with van der Waals surface area (Å²) in [5.74, 6) is 0.548. The van der Waals surface area contributed by atoms with E-state index in [1.807, 2.05) is 53.9 Å². The molecule has 0 atom stereocenters. The summed E-state index contributed by atoms with van der Waals surface area (Å²) >= 11 is 0. The van der Waals surface area contributed by atoms with Gasteiger partial charge in [0.1, 0.15) is 0 Å². The molecule has 0 spiro atoms. The van der Waals surface area contributed by atoms with Gasteiger partial charge in [0.25, 0.3) is 0 Å². The fraction of sp³-hybridized carbons (Fsp3) is 0.167. The van der Waals surface area contributed by atoms with E-state index in [2.05, 4.69) is 28.5 Å². The molecule has 0 saturated carbocycles. The number of pyridine rings is 1. The minimum atomic E-state index is -0.155. The van der Waals surface area contributed by atoms with E-state index in [0.717, 1.165) is 16.8 Å². The highest BCUT2D eigenvalue weighted by atomic mass is 16.1. The molecule has 3 aromatic rings. The first-order chi connectivity index (χ1) is 11.1. The third-order valence-electron chi connectivity index (χ3n) is 3.64. The molecule has 116 valence electrons. The lowest BCUT2D eigenvalue weighted by Crippen LogP contribution is -2.21. The van der Waals surface area contributed by atoms with Gasteiger partial charge >= 0.3 is 0 Å². The van der Waals surface area contributed by atoms with Crippen LogP contribution in [0.5, 0.6) is 0 Å². The predicted octanol–water partition coefficient (Wildman–Crippen LogP) is 2.68. The van der Waals surface area contributed by atoms with Gasteiger partial charge in [0.05, 0.1) is 6.54 Å². The Kier molecular flexibility index (Phi) is 4.19. The van der Waals surface area contributed by atoms with Crippen LogP contribution in [-0.2, 0) is 11.3 Å². The molecular formula is C18H18N4O. The molecule has 3 rings (SSSR count). The van der Waals surface area contributed by atoms with Gasteiger partial charge in [0.15, 0.2) is 11.5 Å². The second-order valence-corrected chi connectivity index (χ2v) is 5.46. The SMILES string of the molecule is Cc1ccc(/C=C/C(=O)NCc2nnc3ccccn23)c(C)c1. The van der Waals surface area contributed by atoms with Crippen LogP contribution >= 0.6 is 0 Å². The number of hydrogen-bond donors (Lipinski definition) is 1. The lowest BCUT2D eigenvalue weighted by atomic mass is 10.1. The molecule has 0 bridgehead atoms. The molecule has 0 saturated heterocycles. The Hall–Kier alpha value is -2.95. The summed E-state index contributed by atoms with van der Waals surface area (Å²) in [6.45, 7) is 4.42. The number of carbonyl (C=O) groups excluding carboxylic acids is 1. The number of hydrogen-bond acceptors (Lipinski definition) is 3. The Morgan fingerprint density at radius 1 is 1.22 bits per heavy atom. The van der Waals surface area contributed by atoms with Gasteiger partial charge in [0.2, 0.25) is 5.91 Å². The van der Waals surface area contributed by atoms with Crippen molar-refractivity contribution in [1.82, 2.24) is 19.9 Å². The second-order valence-electron chi connectivity index (χ2n) is 5.46. The van der Waals surface area contributed by atoms with Crippen molar-refractivity contribution in [3.05, 3.63) is 71.2 Å². The van der Waals surface area contributed by atoms with E-state index in [9.17, 15) is 4.79 Å². The quantitative estimate of drug-likeness (QED) is 0.754. The summed E-state index contributed by atoms with van der Waals surface area (Å²) < 4.78 is 1.86. The van der Waals surface area contributed by atoms with Crippen LogP contribution in [0.2, 0.25) is 0 Å². The van der Waals surface area contributed by atoms with Crippen molar-refractivity contribution in [2.75, 3.05) is 0 Å². The molecule has 0 aliphatic heterocycles. The zero-order valence-electron chi connectivity index (χ0n) is 13.2. The van der Waals surface area contributed by atoms with Gasteiger partial charge in [-0.05, 0) is 43.2 Å². The largest absolute Gasteiger partial charge is 0.345 e. The molecule has 0 unspecified atom stereocenters. The van der Waals surface area contributed by atoms with Crippen molar-refractivity contribution in [3.8, 4) is 0 Å².